The lowest BCUT2D eigenvalue weighted by atomic mass is 9.88. The van der Waals surface area contributed by atoms with Crippen molar-refractivity contribution < 1.29 is 8.42 Å². The molecule has 0 aliphatic heterocycles. The normalized spacial score (nSPS) is 14.5. The zero-order chi connectivity index (χ0) is 16.7. The van der Waals surface area contributed by atoms with Crippen molar-refractivity contribution in [3.8, 4) is 0 Å². The molecule has 1 unspecified atom stereocenters. The number of sulfonamides is 1. The van der Waals surface area contributed by atoms with Gasteiger partial charge < -0.3 is 5.73 Å². The second-order valence-electron chi connectivity index (χ2n) is 6.93. The van der Waals surface area contributed by atoms with Crippen LogP contribution in [0.4, 0.5) is 5.69 Å². The van der Waals surface area contributed by atoms with Gasteiger partial charge in [0.2, 0.25) is 10.0 Å². The van der Waals surface area contributed by atoms with Crippen molar-refractivity contribution >= 4 is 15.7 Å². The van der Waals surface area contributed by atoms with E-state index in [2.05, 4.69) is 0 Å². The molecule has 0 radical (unpaired) electrons. The Morgan fingerprint density at radius 2 is 1.62 bits per heavy atom. The molecule has 0 saturated carbocycles. The van der Waals surface area contributed by atoms with Gasteiger partial charge in [-0.05, 0) is 55.9 Å². The van der Waals surface area contributed by atoms with E-state index in [9.17, 15) is 8.42 Å². The van der Waals surface area contributed by atoms with Gasteiger partial charge >= 0.3 is 0 Å². The summed E-state index contributed by atoms with van der Waals surface area (Å²) >= 11 is 0. The fourth-order valence-corrected chi connectivity index (χ4v) is 4.40. The second kappa shape index (κ2) is 5.61. The Kier molecular flexibility index (Phi) is 4.81. The smallest absolute Gasteiger partial charge is 0.243 e. The maximum atomic E-state index is 13.0. The zero-order valence-electron chi connectivity index (χ0n) is 14.4. The van der Waals surface area contributed by atoms with E-state index in [4.69, 9.17) is 5.73 Å². The molecule has 0 spiro atoms. The van der Waals surface area contributed by atoms with Crippen molar-refractivity contribution in [1.29, 1.82) is 0 Å². The zero-order valence-corrected chi connectivity index (χ0v) is 15.2. The van der Waals surface area contributed by atoms with Crippen molar-refractivity contribution in [2.75, 3.05) is 12.8 Å². The van der Waals surface area contributed by atoms with E-state index in [1.165, 1.54) is 4.31 Å². The number of nitrogen functional groups attached to an aromatic ring is 1. The van der Waals surface area contributed by atoms with E-state index in [0.717, 1.165) is 11.1 Å². The molecule has 0 aliphatic carbocycles. The molecule has 1 aromatic rings. The minimum Gasteiger partial charge on any atom is -0.398 e. The van der Waals surface area contributed by atoms with Gasteiger partial charge in [0.25, 0.3) is 0 Å². The number of aryl methyl sites for hydroxylation is 1. The van der Waals surface area contributed by atoms with Crippen LogP contribution >= 0.6 is 0 Å². The quantitative estimate of drug-likeness (QED) is 0.871. The van der Waals surface area contributed by atoms with Crippen molar-refractivity contribution in [3.63, 3.8) is 0 Å². The van der Waals surface area contributed by atoms with Gasteiger partial charge in [0, 0.05) is 18.8 Å². The average Bonchev–Trinajstić information content (AvgIpc) is 2.33. The van der Waals surface area contributed by atoms with E-state index in [-0.39, 0.29) is 11.5 Å². The topological polar surface area (TPSA) is 63.4 Å². The molecular weight excluding hydrogens is 284 g/mol. The van der Waals surface area contributed by atoms with E-state index in [0.29, 0.717) is 16.1 Å². The lowest BCUT2D eigenvalue weighted by Crippen LogP contribution is -2.43. The Morgan fingerprint density at radius 1 is 1.14 bits per heavy atom. The van der Waals surface area contributed by atoms with E-state index >= 15 is 0 Å². The van der Waals surface area contributed by atoms with Crippen LogP contribution in [-0.4, -0.2) is 25.8 Å². The minimum absolute atomic E-state index is 0.122. The summed E-state index contributed by atoms with van der Waals surface area (Å²) < 4.78 is 27.5. The highest BCUT2D eigenvalue weighted by Gasteiger charge is 2.34. The van der Waals surface area contributed by atoms with E-state index in [1.54, 1.807) is 14.0 Å². The molecule has 0 saturated heterocycles. The average molecular weight is 312 g/mol. The van der Waals surface area contributed by atoms with Gasteiger partial charge in [-0.15, -0.1) is 0 Å². The van der Waals surface area contributed by atoms with E-state index in [1.807, 2.05) is 47.6 Å². The SMILES string of the molecule is Cc1cc(N)c(C)c(S(=O)(=O)N(C)C(C)C(C)(C)C)c1C. The number of nitrogens with two attached hydrogens (primary N) is 1. The second-order valence-corrected chi connectivity index (χ2v) is 8.86. The van der Waals surface area contributed by atoms with Gasteiger partial charge in [-0.2, -0.15) is 4.31 Å². The van der Waals surface area contributed by atoms with Crippen molar-refractivity contribution in [1.82, 2.24) is 4.31 Å². The van der Waals surface area contributed by atoms with Crippen LogP contribution in [0.2, 0.25) is 0 Å². The number of rotatable bonds is 3. The molecule has 1 aromatic carbocycles. The van der Waals surface area contributed by atoms with Gasteiger partial charge in [-0.1, -0.05) is 20.8 Å². The molecular formula is C16H28N2O2S. The summed E-state index contributed by atoms with van der Waals surface area (Å²) in [6, 6.07) is 1.71. The van der Waals surface area contributed by atoms with Gasteiger partial charge in [0.1, 0.15) is 0 Å². The maximum Gasteiger partial charge on any atom is 0.243 e. The highest BCUT2D eigenvalue weighted by molar-refractivity contribution is 7.89. The molecule has 5 heteroatoms. The first-order valence-corrected chi connectivity index (χ1v) is 8.60. The third-order valence-electron chi connectivity index (χ3n) is 4.51. The third-order valence-corrected chi connectivity index (χ3v) is 6.72. The van der Waals surface area contributed by atoms with Crippen LogP contribution in [0.1, 0.15) is 44.4 Å². The number of hydrogen-bond acceptors (Lipinski definition) is 3. The van der Waals surface area contributed by atoms with Crippen LogP contribution < -0.4 is 5.73 Å². The number of benzene rings is 1. The molecule has 0 bridgehead atoms. The summed E-state index contributed by atoms with van der Waals surface area (Å²) in [5, 5.41) is 0. The summed E-state index contributed by atoms with van der Waals surface area (Å²) in [5.74, 6) is 0. The first-order valence-electron chi connectivity index (χ1n) is 7.16. The summed E-state index contributed by atoms with van der Waals surface area (Å²) in [4.78, 5) is 0.346. The Morgan fingerprint density at radius 3 is 2.05 bits per heavy atom. The van der Waals surface area contributed by atoms with Gasteiger partial charge in [-0.3, -0.25) is 0 Å². The molecule has 1 atom stereocenters. The van der Waals surface area contributed by atoms with Crippen molar-refractivity contribution in [2.24, 2.45) is 5.41 Å². The Bertz CT molecular complexity index is 617. The number of anilines is 1. The molecule has 2 N–H and O–H groups in total. The van der Waals surface area contributed by atoms with Crippen LogP contribution in [0.3, 0.4) is 0 Å². The van der Waals surface area contributed by atoms with Gasteiger partial charge in [0.05, 0.1) is 4.90 Å². The number of nitrogens with zero attached hydrogens (tertiary/aromatic N) is 1. The first kappa shape index (κ1) is 18.0. The third kappa shape index (κ3) is 3.24. The van der Waals surface area contributed by atoms with Crippen molar-refractivity contribution in [2.45, 2.75) is 59.4 Å². The lowest BCUT2D eigenvalue weighted by molar-refractivity contribution is 0.216. The number of hydrogen-bond donors (Lipinski definition) is 1. The predicted octanol–water partition coefficient (Wildman–Crippen LogP) is 3.25. The highest BCUT2D eigenvalue weighted by Crippen LogP contribution is 2.33. The molecule has 0 aliphatic rings. The van der Waals surface area contributed by atoms with Crippen LogP contribution in [-0.2, 0) is 10.0 Å². The van der Waals surface area contributed by atoms with Crippen LogP contribution in [0.25, 0.3) is 0 Å². The summed E-state index contributed by atoms with van der Waals surface area (Å²) in [6.45, 7) is 13.5. The lowest BCUT2D eigenvalue weighted by Gasteiger charge is -2.35. The fraction of sp³-hybridized carbons (Fsp3) is 0.625. The molecule has 21 heavy (non-hydrogen) atoms. The molecule has 120 valence electrons. The van der Waals surface area contributed by atoms with E-state index < -0.39 is 10.0 Å². The predicted molar refractivity (Wildman–Crippen MR) is 88.9 cm³/mol. The molecule has 4 nitrogen and oxygen atoms in total. The molecule has 0 aromatic heterocycles. The molecule has 0 fully saturated rings. The standard InChI is InChI=1S/C16H28N2O2S/c1-10-9-14(17)12(3)15(11(10)2)21(19,20)18(8)13(4)16(5,6)7/h9,13H,17H2,1-8H3. The van der Waals surface area contributed by atoms with Gasteiger partial charge in [0.15, 0.2) is 0 Å². The van der Waals surface area contributed by atoms with Crippen LogP contribution in [0.5, 0.6) is 0 Å². The summed E-state index contributed by atoms with van der Waals surface area (Å²) in [6.07, 6.45) is 0. The van der Waals surface area contributed by atoms with Crippen molar-refractivity contribution in [3.05, 3.63) is 22.8 Å². The minimum atomic E-state index is -3.57. The maximum absolute atomic E-state index is 13.0. The summed E-state index contributed by atoms with van der Waals surface area (Å²) in [5.41, 5.74) is 8.65. The fourth-order valence-electron chi connectivity index (χ4n) is 2.33. The van der Waals surface area contributed by atoms with Gasteiger partial charge in [-0.25, -0.2) is 8.42 Å². The first-order chi connectivity index (χ1) is 9.31. The molecule has 0 amide bonds. The molecule has 0 heterocycles. The Labute approximate surface area is 129 Å². The highest BCUT2D eigenvalue weighted by atomic mass is 32.2. The van der Waals surface area contributed by atoms with Crippen LogP contribution in [0, 0.1) is 26.2 Å². The van der Waals surface area contributed by atoms with Crippen LogP contribution in [0.15, 0.2) is 11.0 Å². The molecule has 1 rings (SSSR count). The monoisotopic (exact) mass is 312 g/mol. The largest absolute Gasteiger partial charge is 0.398 e. The summed E-state index contributed by atoms with van der Waals surface area (Å²) in [7, 11) is -1.93. The Hall–Kier alpha value is -1.07. The Balaban J connectivity index is 3.53.